The molecule has 0 heterocycles. The summed E-state index contributed by atoms with van der Waals surface area (Å²) < 4.78 is 5.79. The SMILES string of the molecule is CCOc1cc(CC(=N)N)cc(Br)c1O. The Balaban J connectivity index is 3.05. The Morgan fingerprint density at radius 2 is 2.27 bits per heavy atom. The van der Waals surface area contributed by atoms with Crippen LogP contribution in [0.15, 0.2) is 16.6 Å². The van der Waals surface area contributed by atoms with Crippen molar-refractivity contribution in [3.05, 3.63) is 22.2 Å². The molecule has 0 amide bonds. The molecule has 0 spiro atoms. The van der Waals surface area contributed by atoms with Gasteiger partial charge < -0.3 is 15.6 Å². The lowest BCUT2D eigenvalue weighted by Crippen LogP contribution is -2.12. The highest BCUT2D eigenvalue weighted by Gasteiger charge is 2.09. The molecule has 82 valence electrons. The van der Waals surface area contributed by atoms with Crippen LogP contribution >= 0.6 is 15.9 Å². The van der Waals surface area contributed by atoms with Crippen LogP contribution in [0.4, 0.5) is 0 Å². The van der Waals surface area contributed by atoms with Crippen LogP contribution in [0.1, 0.15) is 12.5 Å². The molecule has 0 unspecified atom stereocenters. The van der Waals surface area contributed by atoms with Crippen molar-refractivity contribution in [3.63, 3.8) is 0 Å². The van der Waals surface area contributed by atoms with E-state index >= 15 is 0 Å². The second-order valence-corrected chi connectivity index (χ2v) is 3.91. The van der Waals surface area contributed by atoms with Gasteiger partial charge in [0.15, 0.2) is 11.5 Å². The summed E-state index contributed by atoms with van der Waals surface area (Å²) in [5, 5.41) is 16.8. The van der Waals surface area contributed by atoms with Gasteiger partial charge in [0.05, 0.1) is 16.9 Å². The van der Waals surface area contributed by atoms with E-state index in [2.05, 4.69) is 15.9 Å². The Morgan fingerprint density at radius 3 is 2.80 bits per heavy atom. The third-order valence-corrected chi connectivity index (χ3v) is 2.39. The average Bonchev–Trinajstić information content (AvgIpc) is 2.12. The number of nitrogens with one attached hydrogen (secondary N) is 1. The molecule has 0 aromatic heterocycles. The van der Waals surface area contributed by atoms with E-state index in [1.807, 2.05) is 6.92 Å². The molecule has 0 bridgehead atoms. The fraction of sp³-hybridized carbons (Fsp3) is 0.300. The van der Waals surface area contributed by atoms with Crippen molar-refractivity contribution in [2.45, 2.75) is 13.3 Å². The van der Waals surface area contributed by atoms with Crippen molar-refractivity contribution >= 4 is 21.8 Å². The summed E-state index contributed by atoms with van der Waals surface area (Å²) in [4.78, 5) is 0. The van der Waals surface area contributed by atoms with Gasteiger partial charge in [-0.2, -0.15) is 0 Å². The van der Waals surface area contributed by atoms with Gasteiger partial charge in [-0.05, 0) is 40.5 Å². The maximum Gasteiger partial charge on any atom is 0.172 e. The van der Waals surface area contributed by atoms with E-state index in [0.717, 1.165) is 5.56 Å². The van der Waals surface area contributed by atoms with Crippen molar-refractivity contribution < 1.29 is 9.84 Å². The maximum atomic E-state index is 9.63. The van der Waals surface area contributed by atoms with Crippen LogP contribution in [0.25, 0.3) is 0 Å². The molecule has 0 aliphatic rings. The second kappa shape index (κ2) is 5.02. The second-order valence-electron chi connectivity index (χ2n) is 3.06. The number of ether oxygens (including phenoxy) is 1. The van der Waals surface area contributed by atoms with E-state index in [4.69, 9.17) is 15.9 Å². The van der Waals surface area contributed by atoms with Gasteiger partial charge in [0.2, 0.25) is 0 Å². The first kappa shape index (κ1) is 11.8. The smallest absolute Gasteiger partial charge is 0.172 e. The van der Waals surface area contributed by atoms with Gasteiger partial charge in [-0.1, -0.05) is 0 Å². The molecule has 0 atom stereocenters. The van der Waals surface area contributed by atoms with E-state index in [1.165, 1.54) is 0 Å². The number of phenolic OH excluding ortho intramolecular Hbond substituents is 1. The Kier molecular flexibility index (Phi) is 3.96. The van der Waals surface area contributed by atoms with Gasteiger partial charge in [-0.3, -0.25) is 5.41 Å². The van der Waals surface area contributed by atoms with Crippen LogP contribution in [0.5, 0.6) is 11.5 Å². The monoisotopic (exact) mass is 272 g/mol. The minimum absolute atomic E-state index is 0.0733. The zero-order valence-corrected chi connectivity index (χ0v) is 9.97. The number of nitrogens with two attached hydrogens (primary N) is 1. The molecular formula is C10H13BrN2O2. The quantitative estimate of drug-likeness (QED) is 0.580. The fourth-order valence-electron chi connectivity index (χ4n) is 1.21. The van der Waals surface area contributed by atoms with Gasteiger partial charge in [0.1, 0.15) is 0 Å². The first-order valence-electron chi connectivity index (χ1n) is 4.51. The van der Waals surface area contributed by atoms with E-state index in [9.17, 15) is 5.11 Å². The fourth-order valence-corrected chi connectivity index (χ4v) is 1.70. The summed E-state index contributed by atoms with van der Waals surface area (Å²) in [7, 11) is 0. The lowest BCUT2D eigenvalue weighted by Gasteiger charge is -2.09. The van der Waals surface area contributed by atoms with Gasteiger partial charge >= 0.3 is 0 Å². The summed E-state index contributed by atoms with van der Waals surface area (Å²) in [5.41, 5.74) is 6.13. The molecular weight excluding hydrogens is 260 g/mol. The van der Waals surface area contributed by atoms with Crippen molar-refractivity contribution in [3.8, 4) is 11.5 Å². The molecule has 1 aromatic carbocycles. The van der Waals surface area contributed by atoms with Gasteiger partial charge in [-0.25, -0.2) is 0 Å². The predicted molar refractivity (Wildman–Crippen MR) is 62.6 cm³/mol. The third kappa shape index (κ3) is 3.13. The highest BCUT2D eigenvalue weighted by molar-refractivity contribution is 9.10. The summed E-state index contributed by atoms with van der Waals surface area (Å²) in [5.74, 6) is 0.558. The summed E-state index contributed by atoms with van der Waals surface area (Å²) in [6.07, 6.45) is 0.346. The van der Waals surface area contributed by atoms with E-state index in [-0.39, 0.29) is 11.6 Å². The van der Waals surface area contributed by atoms with Crippen LogP contribution in [-0.4, -0.2) is 17.5 Å². The largest absolute Gasteiger partial charge is 0.503 e. The number of benzene rings is 1. The van der Waals surface area contributed by atoms with Gasteiger partial charge in [0, 0.05) is 6.42 Å². The number of phenols is 1. The molecule has 0 saturated heterocycles. The van der Waals surface area contributed by atoms with Crippen LogP contribution < -0.4 is 10.5 Å². The normalized spacial score (nSPS) is 10.0. The topological polar surface area (TPSA) is 79.3 Å². The van der Waals surface area contributed by atoms with Crippen molar-refractivity contribution in [2.24, 2.45) is 5.73 Å². The highest BCUT2D eigenvalue weighted by atomic mass is 79.9. The molecule has 0 fully saturated rings. The molecule has 0 aliphatic heterocycles. The lowest BCUT2D eigenvalue weighted by molar-refractivity contribution is 0.317. The van der Waals surface area contributed by atoms with E-state index in [0.29, 0.717) is 23.2 Å². The van der Waals surface area contributed by atoms with E-state index in [1.54, 1.807) is 12.1 Å². The number of hydrogen-bond donors (Lipinski definition) is 3. The number of halogens is 1. The van der Waals surface area contributed by atoms with Crippen LogP contribution in [-0.2, 0) is 6.42 Å². The molecule has 1 aromatic rings. The molecule has 0 aliphatic carbocycles. The average molecular weight is 273 g/mol. The van der Waals surface area contributed by atoms with Crippen LogP contribution in [0.3, 0.4) is 0 Å². The minimum atomic E-state index is 0.0733. The predicted octanol–water partition coefficient (Wildman–Crippen LogP) is 2.03. The molecule has 0 saturated carbocycles. The lowest BCUT2D eigenvalue weighted by atomic mass is 10.1. The minimum Gasteiger partial charge on any atom is -0.503 e. The number of hydrogen-bond acceptors (Lipinski definition) is 3. The first-order chi connectivity index (χ1) is 7.04. The zero-order chi connectivity index (χ0) is 11.4. The van der Waals surface area contributed by atoms with Crippen molar-refractivity contribution in [2.75, 3.05) is 6.61 Å². The third-order valence-electron chi connectivity index (χ3n) is 1.78. The van der Waals surface area contributed by atoms with Crippen LogP contribution in [0, 0.1) is 5.41 Å². The Hall–Kier alpha value is -1.23. The Bertz CT molecular complexity index is 380. The molecule has 4 nitrogen and oxygen atoms in total. The molecule has 0 radical (unpaired) electrons. The first-order valence-corrected chi connectivity index (χ1v) is 5.31. The molecule has 1 rings (SSSR count). The number of rotatable bonds is 4. The summed E-state index contributed by atoms with van der Waals surface area (Å²) in [6, 6.07) is 3.41. The Morgan fingerprint density at radius 1 is 1.60 bits per heavy atom. The van der Waals surface area contributed by atoms with Gasteiger partial charge in [-0.15, -0.1) is 0 Å². The maximum absolute atomic E-state index is 9.63. The van der Waals surface area contributed by atoms with Gasteiger partial charge in [0.25, 0.3) is 0 Å². The zero-order valence-electron chi connectivity index (χ0n) is 8.38. The summed E-state index contributed by atoms with van der Waals surface area (Å²) in [6.45, 7) is 2.31. The molecule has 5 heteroatoms. The van der Waals surface area contributed by atoms with Crippen molar-refractivity contribution in [1.82, 2.24) is 0 Å². The summed E-state index contributed by atoms with van der Waals surface area (Å²) >= 11 is 3.22. The Labute approximate surface area is 96.7 Å². The highest BCUT2D eigenvalue weighted by Crippen LogP contribution is 2.35. The van der Waals surface area contributed by atoms with Crippen molar-refractivity contribution in [1.29, 1.82) is 5.41 Å². The molecule has 4 N–H and O–H groups in total. The van der Waals surface area contributed by atoms with E-state index < -0.39 is 0 Å². The van der Waals surface area contributed by atoms with Crippen LogP contribution in [0.2, 0.25) is 0 Å². The number of aromatic hydroxyl groups is 1. The molecule has 15 heavy (non-hydrogen) atoms. The standard InChI is InChI=1S/C10H13BrN2O2/c1-2-15-8-4-6(5-9(12)13)3-7(11)10(8)14/h3-4,14H,2,5H2,1H3,(H3,12,13). The number of amidine groups is 1.